The number of aryl methyl sites for hydroxylation is 1. The van der Waals surface area contributed by atoms with Gasteiger partial charge in [0.05, 0.1) is 31.8 Å². The minimum absolute atomic E-state index is 0.0341. The highest BCUT2D eigenvalue weighted by molar-refractivity contribution is 5.92. The van der Waals surface area contributed by atoms with Crippen LogP contribution in [0.25, 0.3) is 0 Å². The second-order valence-corrected chi connectivity index (χ2v) is 12.1. The van der Waals surface area contributed by atoms with Crippen molar-refractivity contribution >= 4 is 17.7 Å². The van der Waals surface area contributed by atoms with Gasteiger partial charge in [0.1, 0.15) is 11.3 Å². The molecule has 0 aromatic heterocycles. The van der Waals surface area contributed by atoms with Gasteiger partial charge in [-0.25, -0.2) is 0 Å². The summed E-state index contributed by atoms with van der Waals surface area (Å²) in [6, 6.07) is 5.56. The summed E-state index contributed by atoms with van der Waals surface area (Å²) >= 11 is 0. The first-order chi connectivity index (χ1) is 20.3. The number of hydrogen-bond acceptors (Lipinski definition) is 10. The van der Waals surface area contributed by atoms with Crippen molar-refractivity contribution in [2.75, 3.05) is 39.4 Å². The molecule has 0 bridgehead atoms. The highest BCUT2D eigenvalue weighted by Crippen LogP contribution is 2.26. The predicted molar refractivity (Wildman–Crippen MR) is 163 cm³/mol. The molecule has 0 saturated carbocycles. The Morgan fingerprint density at radius 3 is 2.58 bits per heavy atom. The number of nitrogens with one attached hydrogen (secondary N) is 3. The Morgan fingerprint density at radius 1 is 1.26 bits per heavy atom. The Balaban J connectivity index is 1.57. The molecule has 240 valence electrons. The van der Waals surface area contributed by atoms with E-state index in [1.807, 2.05) is 32.9 Å². The zero-order valence-corrected chi connectivity index (χ0v) is 26.1. The van der Waals surface area contributed by atoms with Crippen molar-refractivity contribution in [1.29, 1.82) is 5.41 Å². The van der Waals surface area contributed by atoms with Crippen LogP contribution >= 0.6 is 0 Å². The number of rotatable bonds is 12. The van der Waals surface area contributed by atoms with Gasteiger partial charge in [0.15, 0.2) is 0 Å². The molecule has 12 nitrogen and oxygen atoms in total. The van der Waals surface area contributed by atoms with Crippen LogP contribution in [-0.2, 0) is 25.5 Å². The molecule has 2 fully saturated rings. The molecule has 0 unspecified atom stereocenters. The average molecular weight is 604 g/mol. The van der Waals surface area contributed by atoms with Crippen molar-refractivity contribution in [3.63, 3.8) is 0 Å². The minimum atomic E-state index is -1.00. The Hall–Kier alpha value is -3.19. The summed E-state index contributed by atoms with van der Waals surface area (Å²) in [7, 11) is 0. The number of piperazine rings is 1. The molecule has 2 aliphatic heterocycles. The van der Waals surface area contributed by atoms with Gasteiger partial charge in [0, 0.05) is 56.7 Å². The fourth-order valence-electron chi connectivity index (χ4n) is 5.14. The maximum Gasteiger partial charge on any atom is 0.247 e. The third kappa shape index (κ3) is 9.92. The molecule has 0 aliphatic carbocycles. The van der Waals surface area contributed by atoms with Crippen molar-refractivity contribution in [3.8, 4) is 5.75 Å². The molecule has 2 heterocycles. The highest BCUT2D eigenvalue weighted by atomic mass is 16.7. The number of aliphatic hydroxyl groups excluding tert-OH is 2. The van der Waals surface area contributed by atoms with Crippen LogP contribution in [0.2, 0.25) is 0 Å². The molecular formula is C31H49N5O7. The molecule has 2 aliphatic rings. The summed E-state index contributed by atoms with van der Waals surface area (Å²) in [6.07, 6.45) is -1.15. The summed E-state index contributed by atoms with van der Waals surface area (Å²) in [5.41, 5.74) is 8.28. The van der Waals surface area contributed by atoms with E-state index in [4.69, 9.17) is 25.4 Å². The topological polar surface area (TPSA) is 179 Å². The van der Waals surface area contributed by atoms with E-state index in [1.54, 1.807) is 24.8 Å². The first-order valence-electron chi connectivity index (χ1n) is 15.0. The van der Waals surface area contributed by atoms with Crippen LogP contribution in [0.4, 0.5) is 0 Å². The van der Waals surface area contributed by atoms with E-state index in [0.717, 1.165) is 24.2 Å². The molecule has 43 heavy (non-hydrogen) atoms. The van der Waals surface area contributed by atoms with Gasteiger partial charge in [0.2, 0.25) is 24.0 Å². The molecule has 12 heteroatoms. The number of allylic oxidation sites excluding steroid dienone is 1. The highest BCUT2D eigenvalue weighted by Gasteiger charge is 2.34. The maximum absolute atomic E-state index is 12.9. The summed E-state index contributed by atoms with van der Waals surface area (Å²) in [5, 5.41) is 34.3. The van der Waals surface area contributed by atoms with E-state index >= 15 is 0 Å². The van der Waals surface area contributed by atoms with Crippen LogP contribution in [0.5, 0.6) is 5.75 Å². The number of aliphatic hydroxyl groups is 2. The number of ether oxygens (including phenoxy) is 3. The molecule has 2 amide bonds. The van der Waals surface area contributed by atoms with Crippen LogP contribution in [0.15, 0.2) is 29.5 Å². The first kappa shape index (κ1) is 34.3. The Morgan fingerprint density at radius 2 is 1.95 bits per heavy atom. The Bertz CT molecular complexity index is 1160. The van der Waals surface area contributed by atoms with Crippen molar-refractivity contribution in [3.05, 3.63) is 40.6 Å². The van der Waals surface area contributed by atoms with Crippen molar-refractivity contribution in [1.82, 2.24) is 15.5 Å². The normalized spacial score (nSPS) is 21.7. The van der Waals surface area contributed by atoms with Crippen LogP contribution in [0.3, 0.4) is 0 Å². The van der Waals surface area contributed by atoms with Gasteiger partial charge in [-0.3, -0.25) is 15.0 Å². The molecule has 7 N–H and O–H groups in total. The second-order valence-electron chi connectivity index (χ2n) is 12.1. The molecule has 0 spiro atoms. The number of benzene rings is 1. The number of carbonyl (C=O) groups excluding carboxylic acids is 2. The fourth-order valence-corrected chi connectivity index (χ4v) is 5.14. The lowest BCUT2D eigenvalue weighted by Gasteiger charge is -2.35. The quantitative estimate of drug-likeness (QED) is 0.152. The van der Waals surface area contributed by atoms with Crippen molar-refractivity contribution < 1.29 is 34.0 Å². The van der Waals surface area contributed by atoms with Crippen LogP contribution in [0, 0.1) is 18.3 Å². The molecular weight excluding hydrogens is 554 g/mol. The third-order valence-corrected chi connectivity index (χ3v) is 7.71. The Labute approximate surface area is 254 Å². The number of nitrogens with two attached hydrogens (primary N) is 1. The van der Waals surface area contributed by atoms with Gasteiger partial charge in [-0.05, 0) is 49.9 Å². The van der Waals surface area contributed by atoms with Crippen LogP contribution in [0.1, 0.15) is 58.1 Å². The number of amides is 2. The lowest BCUT2D eigenvalue weighted by atomic mass is 9.95. The van der Waals surface area contributed by atoms with Crippen molar-refractivity contribution in [2.45, 2.75) is 84.3 Å². The van der Waals surface area contributed by atoms with Gasteiger partial charge in [-0.1, -0.05) is 19.9 Å². The summed E-state index contributed by atoms with van der Waals surface area (Å²) < 4.78 is 17.3. The molecule has 3 rings (SSSR count). The minimum Gasteiger partial charge on any atom is -0.493 e. The van der Waals surface area contributed by atoms with E-state index in [1.165, 1.54) is 0 Å². The number of nitrogens with zero attached hydrogens (tertiary/aromatic N) is 1. The molecule has 2 saturated heterocycles. The Kier molecular flexibility index (Phi) is 12.4. The van der Waals surface area contributed by atoms with Crippen LogP contribution in [-0.4, -0.2) is 96.3 Å². The van der Waals surface area contributed by atoms with Gasteiger partial charge >= 0.3 is 0 Å². The van der Waals surface area contributed by atoms with Gasteiger partial charge in [-0.2, -0.15) is 0 Å². The SMILES string of the molecule is Cc1cc(OCCC(=O)NC(C)(C)C(=O)N2CCNCC2)ccc1C/C(C(=N)O[C@H]1C[C@@H](O)C[C@@H](CO)O1)=C(/N)C(C)C. The first-order valence-corrected chi connectivity index (χ1v) is 15.0. The smallest absolute Gasteiger partial charge is 0.247 e. The van der Waals surface area contributed by atoms with E-state index < -0.39 is 24.0 Å². The zero-order valence-electron chi connectivity index (χ0n) is 26.1. The van der Waals surface area contributed by atoms with E-state index in [2.05, 4.69) is 10.6 Å². The second kappa shape index (κ2) is 15.5. The van der Waals surface area contributed by atoms with Gasteiger partial charge < -0.3 is 45.7 Å². The monoisotopic (exact) mass is 603 g/mol. The predicted octanol–water partition coefficient (Wildman–Crippen LogP) is 1.35. The van der Waals surface area contributed by atoms with E-state index in [9.17, 15) is 19.8 Å². The van der Waals surface area contributed by atoms with E-state index in [0.29, 0.717) is 43.0 Å². The lowest BCUT2D eigenvalue weighted by Crippen LogP contribution is -2.59. The zero-order chi connectivity index (χ0) is 31.7. The van der Waals surface area contributed by atoms with Crippen molar-refractivity contribution in [2.24, 2.45) is 11.7 Å². The third-order valence-electron chi connectivity index (χ3n) is 7.71. The number of carbonyl (C=O) groups is 2. The van der Waals surface area contributed by atoms with Gasteiger partial charge in [-0.15, -0.1) is 0 Å². The molecule has 1 aromatic carbocycles. The van der Waals surface area contributed by atoms with Crippen LogP contribution < -0.4 is 21.1 Å². The molecule has 1 aromatic rings. The largest absolute Gasteiger partial charge is 0.493 e. The maximum atomic E-state index is 12.9. The molecule has 3 atom stereocenters. The molecule has 0 radical (unpaired) electrons. The standard InChI is InChI=1S/C31H49N5O7/c1-19(2)28(32)25(29(33)43-27-17-22(38)16-24(18-37)42-27)15-21-6-7-23(14-20(21)3)41-13-8-26(39)35-31(4,5)30(40)36-11-9-34-10-12-36/h6-7,14,19,22,24,27,33-34,37-38H,8-13,15-18,32H2,1-5H3,(H,35,39)/b28-25-,33-29?/t22-,24-,27-/m0/s1. The summed E-state index contributed by atoms with van der Waals surface area (Å²) in [6.45, 7) is 11.9. The average Bonchev–Trinajstić information content (AvgIpc) is 2.95. The van der Waals surface area contributed by atoms with E-state index in [-0.39, 0.29) is 49.7 Å². The lowest BCUT2D eigenvalue weighted by molar-refractivity contribution is -0.190. The summed E-state index contributed by atoms with van der Waals surface area (Å²) in [5.74, 6) is 0.0644. The fraction of sp³-hybridized carbons (Fsp3) is 0.645. The summed E-state index contributed by atoms with van der Waals surface area (Å²) in [4.78, 5) is 27.2. The van der Waals surface area contributed by atoms with Gasteiger partial charge in [0.25, 0.3) is 0 Å². The number of hydrogen-bond donors (Lipinski definition) is 6.